The molecule has 3 nitrogen and oxygen atoms in total. The maximum atomic E-state index is 4.58. The van der Waals surface area contributed by atoms with Crippen molar-refractivity contribution < 1.29 is 0 Å². The van der Waals surface area contributed by atoms with Gasteiger partial charge in [-0.25, -0.2) is 9.97 Å². The topological polar surface area (TPSA) is 37.8 Å². The number of rotatable bonds is 3. The fraction of sp³-hybridized carbons (Fsp3) is 0.200. The van der Waals surface area contributed by atoms with Crippen LogP contribution in [0.5, 0.6) is 0 Å². The van der Waals surface area contributed by atoms with Crippen LogP contribution in [-0.4, -0.2) is 9.97 Å². The second kappa shape index (κ2) is 4.97. The standard InChI is InChI=1S/C15H15N3S/c1-10(2)11-6-7-12-13(9-11)19-15(17-12)18-14-5-3-4-8-16-14/h3-10H,1-2H3,(H,16,17,18). The molecule has 0 spiro atoms. The van der Waals surface area contributed by atoms with E-state index in [0.29, 0.717) is 5.92 Å². The Morgan fingerprint density at radius 1 is 1.16 bits per heavy atom. The van der Waals surface area contributed by atoms with Crippen molar-refractivity contribution in [3.8, 4) is 0 Å². The number of nitrogens with one attached hydrogen (secondary N) is 1. The van der Waals surface area contributed by atoms with Gasteiger partial charge in [-0.1, -0.05) is 37.3 Å². The Kier molecular flexibility index (Phi) is 3.17. The minimum absolute atomic E-state index is 0.540. The molecule has 19 heavy (non-hydrogen) atoms. The number of thiazole rings is 1. The molecule has 0 fully saturated rings. The molecule has 0 aliphatic rings. The molecule has 0 bridgehead atoms. The molecule has 2 heterocycles. The van der Waals surface area contributed by atoms with Crippen LogP contribution < -0.4 is 5.32 Å². The molecular formula is C15H15N3S. The number of anilines is 2. The lowest BCUT2D eigenvalue weighted by Crippen LogP contribution is -1.90. The average Bonchev–Trinajstić information content (AvgIpc) is 2.80. The molecule has 1 N–H and O–H groups in total. The third kappa shape index (κ3) is 2.58. The quantitative estimate of drug-likeness (QED) is 0.757. The largest absolute Gasteiger partial charge is 0.316 e. The van der Waals surface area contributed by atoms with Crippen molar-refractivity contribution in [3.05, 3.63) is 48.2 Å². The summed E-state index contributed by atoms with van der Waals surface area (Å²) < 4.78 is 1.21. The van der Waals surface area contributed by atoms with Crippen LogP contribution in [-0.2, 0) is 0 Å². The van der Waals surface area contributed by atoms with Crippen LogP contribution in [0, 0.1) is 0 Å². The highest BCUT2D eigenvalue weighted by Gasteiger charge is 2.06. The fourth-order valence-electron chi connectivity index (χ4n) is 1.90. The zero-order valence-electron chi connectivity index (χ0n) is 10.9. The molecule has 3 rings (SSSR count). The van der Waals surface area contributed by atoms with Gasteiger partial charge in [0.15, 0.2) is 5.13 Å². The predicted molar refractivity (Wildman–Crippen MR) is 81.2 cm³/mol. The van der Waals surface area contributed by atoms with E-state index in [2.05, 4.69) is 47.3 Å². The van der Waals surface area contributed by atoms with Crippen molar-refractivity contribution in [3.63, 3.8) is 0 Å². The van der Waals surface area contributed by atoms with Crippen molar-refractivity contribution in [1.29, 1.82) is 0 Å². The molecule has 0 aliphatic heterocycles. The van der Waals surface area contributed by atoms with E-state index < -0.39 is 0 Å². The molecule has 0 saturated carbocycles. The summed E-state index contributed by atoms with van der Waals surface area (Å²) in [6.07, 6.45) is 1.77. The summed E-state index contributed by atoms with van der Waals surface area (Å²) in [7, 11) is 0. The normalized spacial score (nSPS) is 11.1. The van der Waals surface area contributed by atoms with Crippen molar-refractivity contribution >= 4 is 32.5 Å². The van der Waals surface area contributed by atoms with Gasteiger partial charge in [-0.05, 0) is 35.7 Å². The van der Waals surface area contributed by atoms with Crippen LogP contribution in [0.4, 0.5) is 10.9 Å². The number of hydrogen-bond donors (Lipinski definition) is 1. The summed E-state index contributed by atoms with van der Waals surface area (Å²) in [6.45, 7) is 4.41. The van der Waals surface area contributed by atoms with Gasteiger partial charge in [0.25, 0.3) is 0 Å². The van der Waals surface area contributed by atoms with Gasteiger partial charge in [0.1, 0.15) is 5.82 Å². The highest BCUT2D eigenvalue weighted by Crippen LogP contribution is 2.30. The maximum Gasteiger partial charge on any atom is 0.189 e. The lowest BCUT2D eigenvalue weighted by atomic mass is 10.0. The van der Waals surface area contributed by atoms with E-state index in [-0.39, 0.29) is 0 Å². The maximum absolute atomic E-state index is 4.58. The second-order valence-electron chi connectivity index (χ2n) is 4.74. The number of pyridine rings is 1. The van der Waals surface area contributed by atoms with Gasteiger partial charge < -0.3 is 5.32 Å². The fourth-order valence-corrected chi connectivity index (χ4v) is 2.82. The van der Waals surface area contributed by atoms with Gasteiger partial charge in [-0.3, -0.25) is 0 Å². The third-order valence-corrected chi connectivity index (χ3v) is 3.91. The Morgan fingerprint density at radius 3 is 2.79 bits per heavy atom. The van der Waals surface area contributed by atoms with E-state index in [1.54, 1.807) is 17.5 Å². The van der Waals surface area contributed by atoms with Gasteiger partial charge in [-0.2, -0.15) is 0 Å². The molecule has 0 aliphatic carbocycles. The van der Waals surface area contributed by atoms with Gasteiger partial charge in [0.05, 0.1) is 10.2 Å². The van der Waals surface area contributed by atoms with Crippen LogP contribution in [0.25, 0.3) is 10.2 Å². The van der Waals surface area contributed by atoms with Gasteiger partial charge in [-0.15, -0.1) is 0 Å². The van der Waals surface area contributed by atoms with Gasteiger partial charge >= 0.3 is 0 Å². The van der Waals surface area contributed by atoms with Crippen LogP contribution in [0.1, 0.15) is 25.3 Å². The van der Waals surface area contributed by atoms with Crippen molar-refractivity contribution in [2.24, 2.45) is 0 Å². The Morgan fingerprint density at radius 2 is 2.05 bits per heavy atom. The van der Waals surface area contributed by atoms with E-state index in [1.165, 1.54) is 10.3 Å². The highest BCUT2D eigenvalue weighted by atomic mass is 32.1. The lowest BCUT2D eigenvalue weighted by Gasteiger charge is -2.03. The van der Waals surface area contributed by atoms with Crippen molar-refractivity contribution in [2.45, 2.75) is 19.8 Å². The predicted octanol–water partition coefficient (Wildman–Crippen LogP) is 4.56. The summed E-state index contributed by atoms with van der Waals surface area (Å²) in [5, 5.41) is 4.12. The zero-order valence-corrected chi connectivity index (χ0v) is 11.7. The van der Waals surface area contributed by atoms with E-state index >= 15 is 0 Å². The van der Waals surface area contributed by atoms with Crippen molar-refractivity contribution in [1.82, 2.24) is 9.97 Å². The number of fused-ring (bicyclic) bond motifs is 1. The second-order valence-corrected chi connectivity index (χ2v) is 5.77. The summed E-state index contributed by atoms with van der Waals surface area (Å²) >= 11 is 1.66. The molecule has 0 saturated heterocycles. The number of nitrogens with zero attached hydrogens (tertiary/aromatic N) is 2. The van der Waals surface area contributed by atoms with E-state index in [9.17, 15) is 0 Å². The Balaban J connectivity index is 1.93. The molecule has 96 valence electrons. The summed E-state index contributed by atoms with van der Waals surface area (Å²) in [4.78, 5) is 8.82. The first kappa shape index (κ1) is 12.1. The molecular weight excluding hydrogens is 254 g/mol. The molecule has 4 heteroatoms. The Hall–Kier alpha value is -1.94. The van der Waals surface area contributed by atoms with Crippen LogP contribution in [0.3, 0.4) is 0 Å². The monoisotopic (exact) mass is 269 g/mol. The molecule has 2 aromatic heterocycles. The van der Waals surface area contributed by atoms with Gasteiger partial charge in [0.2, 0.25) is 0 Å². The molecule has 0 unspecified atom stereocenters. The molecule has 0 radical (unpaired) electrons. The van der Waals surface area contributed by atoms with Crippen LogP contribution in [0.15, 0.2) is 42.6 Å². The Labute approximate surface area is 116 Å². The van der Waals surface area contributed by atoms with E-state index in [1.807, 2.05) is 18.2 Å². The summed E-state index contributed by atoms with van der Waals surface area (Å²) in [5.74, 6) is 1.37. The van der Waals surface area contributed by atoms with Crippen LogP contribution in [0.2, 0.25) is 0 Å². The molecule has 0 amide bonds. The Bertz CT molecular complexity index is 689. The van der Waals surface area contributed by atoms with Crippen LogP contribution >= 0.6 is 11.3 Å². The summed E-state index contributed by atoms with van der Waals surface area (Å²) in [5.41, 5.74) is 2.38. The smallest absolute Gasteiger partial charge is 0.189 e. The first-order valence-corrected chi connectivity index (χ1v) is 7.12. The molecule has 0 atom stereocenters. The lowest BCUT2D eigenvalue weighted by molar-refractivity contribution is 0.869. The summed E-state index contributed by atoms with van der Waals surface area (Å²) in [6, 6.07) is 12.3. The SMILES string of the molecule is CC(C)c1ccc2nc(Nc3ccccn3)sc2c1. The number of benzene rings is 1. The minimum Gasteiger partial charge on any atom is -0.316 e. The zero-order chi connectivity index (χ0) is 13.2. The molecule has 1 aromatic carbocycles. The highest BCUT2D eigenvalue weighted by molar-refractivity contribution is 7.22. The van der Waals surface area contributed by atoms with E-state index in [0.717, 1.165) is 16.5 Å². The number of aromatic nitrogens is 2. The third-order valence-electron chi connectivity index (χ3n) is 2.98. The van der Waals surface area contributed by atoms with Crippen molar-refractivity contribution in [2.75, 3.05) is 5.32 Å². The number of hydrogen-bond acceptors (Lipinski definition) is 4. The van der Waals surface area contributed by atoms with Gasteiger partial charge in [0, 0.05) is 6.20 Å². The average molecular weight is 269 g/mol. The first-order valence-electron chi connectivity index (χ1n) is 6.31. The van der Waals surface area contributed by atoms with E-state index in [4.69, 9.17) is 0 Å². The molecule has 3 aromatic rings. The minimum atomic E-state index is 0.540. The first-order chi connectivity index (χ1) is 9.22.